The highest BCUT2D eigenvalue weighted by Gasteiger charge is 2.15. The van der Waals surface area contributed by atoms with E-state index in [4.69, 9.17) is 0 Å². The first-order valence-corrected chi connectivity index (χ1v) is 9.76. The second-order valence-corrected chi connectivity index (χ2v) is 7.44. The molecule has 0 bridgehead atoms. The van der Waals surface area contributed by atoms with E-state index in [2.05, 4.69) is 38.2 Å². The third kappa shape index (κ3) is 3.80. The molecule has 0 aliphatic carbocycles. The minimum atomic E-state index is -0.522. The molecule has 152 valence electrons. The van der Waals surface area contributed by atoms with Crippen molar-refractivity contribution in [2.75, 3.05) is 23.3 Å². The molecule has 0 spiro atoms. The number of imidazole rings is 1. The predicted octanol–water partition coefficient (Wildman–Crippen LogP) is 1.43. The topological polar surface area (TPSA) is 116 Å². The monoisotopic (exact) mass is 396 g/mol. The number of benzene rings is 1. The largest absolute Gasteiger partial charge is 0.371 e. The van der Waals surface area contributed by atoms with Crippen molar-refractivity contribution in [2.45, 2.75) is 32.6 Å². The van der Waals surface area contributed by atoms with Crippen LogP contribution in [-0.2, 0) is 18.3 Å². The Morgan fingerprint density at radius 2 is 1.97 bits per heavy atom. The van der Waals surface area contributed by atoms with Crippen molar-refractivity contribution >= 4 is 28.4 Å². The van der Waals surface area contributed by atoms with E-state index in [-0.39, 0.29) is 23.5 Å². The molecule has 0 radical (unpaired) electrons. The van der Waals surface area contributed by atoms with E-state index in [0.717, 1.165) is 24.3 Å². The van der Waals surface area contributed by atoms with Crippen LogP contribution in [0.15, 0.2) is 27.8 Å². The van der Waals surface area contributed by atoms with Crippen LogP contribution in [0.4, 0.5) is 11.4 Å². The molecule has 3 heterocycles. The second kappa shape index (κ2) is 7.57. The lowest BCUT2D eigenvalue weighted by atomic mass is 10.1. The lowest BCUT2D eigenvalue weighted by Crippen LogP contribution is -2.28. The molecule has 0 unspecified atom stereocenters. The highest BCUT2D eigenvalue weighted by atomic mass is 16.2. The van der Waals surface area contributed by atoms with Gasteiger partial charge in [0, 0.05) is 44.4 Å². The number of amides is 1. The zero-order valence-corrected chi connectivity index (χ0v) is 16.5. The van der Waals surface area contributed by atoms with Crippen molar-refractivity contribution in [3.63, 3.8) is 0 Å². The van der Waals surface area contributed by atoms with E-state index in [1.807, 2.05) is 12.1 Å². The Morgan fingerprint density at radius 3 is 2.69 bits per heavy atom. The Bertz CT molecular complexity index is 1180. The first kappa shape index (κ1) is 19.0. The molecule has 1 fully saturated rings. The number of aromatic nitrogens is 4. The smallest absolute Gasteiger partial charge is 0.329 e. The second-order valence-electron chi connectivity index (χ2n) is 7.44. The summed E-state index contributed by atoms with van der Waals surface area (Å²) in [6.45, 7) is 4.22. The van der Waals surface area contributed by atoms with Gasteiger partial charge in [-0.2, -0.15) is 0 Å². The van der Waals surface area contributed by atoms with Crippen LogP contribution in [0.5, 0.6) is 0 Å². The summed E-state index contributed by atoms with van der Waals surface area (Å²) in [6.07, 6.45) is 2.98. The minimum Gasteiger partial charge on any atom is -0.371 e. The van der Waals surface area contributed by atoms with E-state index in [1.165, 1.54) is 30.1 Å². The Kier molecular flexibility index (Phi) is 4.96. The number of aromatic amines is 2. The number of fused-ring (bicyclic) bond motifs is 1. The Labute approximate surface area is 166 Å². The fourth-order valence-corrected chi connectivity index (χ4v) is 3.77. The maximum atomic E-state index is 12.4. The lowest BCUT2D eigenvalue weighted by molar-refractivity contribution is -0.116. The number of nitrogens with zero attached hydrogens (tertiary/aromatic N) is 3. The molecule has 1 saturated heterocycles. The number of H-pyrrole nitrogens is 2. The number of carbonyl (C=O) groups is 1. The van der Waals surface area contributed by atoms with Gasteiger partial charge in [0.25, 0.3) is 5.56 Å². The number of anilines is 2. The quantitative estimate of drug-likeness (QED) is 0.603. The van der Waals surface area contributed by atoms with Crippen LogP contribution in [-0.4, -0.2) is 38.5 Å². The first-order valence-electron chi connectivity index (χ1n) is 9.76. The summed E-state index contributed by atoms with van der Waals surface area (Å²) in [6, 6.07) is 5.97. The normalized spacial score (nSPS) is 13.9. The standard InChI is InChI=1S/C20H24N6O3/c1-12-11-13(5-6-14(12)26-9-3-4-10-26)21-16(27)8-7-15-22-17-18(23-15)25(2)20(29)24-19(17)28/h5-6,11H,3-4,7-10H2,1-2H3,(H,21,27)(H,22,23)(H,24,28,29). The maximum absolute atomic E-state index is 12.4. The number of rotatable bonds is 5. The Hall–Kier alpha value is -3.36. The maximum Gasteiger partial charge on any atom is 0.329 e. The molecule has 29 heavy (non-hydrogen) atoms. The van der Waals surface area contributed by atoms with Crippen molar-refractivity contribution in [1.82, 2.24) is 19.5 Å². The number of hydrogen-bond donors (Lipinski definition) is 3. The molecular formula is C20H24N6O3. The summed E-state index contributed by atoms with van der Waals surface area (Å²) in [5.41, 5.74) is 2.60. The molecule has 9 nitrogen and oxygen atoms in total. The SMILES string of the molecule is Cc1cc(NC(=O)CCc2nc3c([nH]2)c(=O)[nH]c(=O)n3C)ccc1N1CCCC1. The average molecular weight is 396 g/mol. The zero-order chi connectivity index (χ0) is 20.5. The first-order chi connectivity index (χ1) is 13.9. The summed E-state index contributed by atoms with van der Waals surface area (Å²) in [7, 11) is 1.53. The molecule has 0 atom stereocenters. The van der Waals surface area contributed by atoms with Gasteiger partial charge in [-0.15, -0.1) is 0 Å². The number of aryl methyl sites for hydroxylation is 3. The van der Waals surface area contributed by atoms with E-state index in [9.17, 15) is 14.4 Å². The van der Waals surface area contributed by atoms with Crippen molar-refractivity contribution in [3.8, 4) is 0 Å². The van der Waals surface area contributed by atoms with E-state index >= 15 is 0 Å². The third-order valence-corrected chi connectivity index (χ3v) is 5.32. The number of nitrogens with one attached hydrogen (secondary N) is 3. The summed E-state index contributed by atoms with van der Waals surface area (Å²) >= 11 is 0. The van der Waals surface area contributed by atoms with E-state index < -0.39 is 11.2 Å². The average Bonchev–Trinajstić information content (AvgIpc) is 3.35. The Morgan fingerprint density at radius 1 is 1.21 bits per heavy atom. The summed E-state index contributed by atoms with van der Waals surface area (Å²) in [5.74, 6) is 0.351. The highest BCUT2D eigenvalue weighted by molar-refractivity contribution is 5.91. The molecule has 1 aliphatic heterocycles. The molecule has 1 amide bonds. The molecular weight excluding hydrogens is 372 g/mol. The van der Waals surface area contributed by atoms with Gasteiger partial charge in [-0.05, 0) is 43.5 Å². The van der Waals surface area contributed by atoms with Gasteiger partial charge in [0.1, 0.15) is 11.3 Å². The van der Waals surface area contributed by atoms with Crippen LogP contribution in [0.3, 0.4) is 0 Å². The zero-order valence-electron chi connectivity index (χ0n) is 16.5. The molecule has 3 aromatic rings. The van der Waals surface area contributed by atoms with E-state index in [1.54, 1.807) is 0 Å². The summed E-state index contributed by atoms with van der Waals surface area (Å²) in [5, 5.41) is 2.91. The van der Waals surface area contributed by atoms with E-state index in [0.29, 0.717) is 12.2 Å². The summed E-state index contributed by atoms with van der Waals surface area (Å²) < 4.78 is 1.27. The van der Waals surface area contributed by atoms with Crippen molar-refractivity contribution in [1.29, 1.82) is 0 Å². The number of carbonyl (C=O) groups excluding carboxylic acids is 1. The van der Waals surface area contributed by atoms with Crippen molar-refractivity contribution in [2.24, 2.45) is 7.05 Å². The van der Waals surface area contributed by atoms with Gasteiger partial charge in [0.05, 0.1) is 0 Å². The molecule has 1 aromatic carbocycles. The third-order valence-electron chi connectivity index (χ3n) is 5.32. The van der Waals surface area contributed by atoms with Gasteiger partial charge in [0.2, 0.25) is 5.91 Å². The molecule has 1 aliphatic rings. The summed E-state index contributed by atoms with van der Waals surface area (Å²) in [4.78, 5) is 47.7. The van der Waals surface area contributed by atoms with Gasteiger partial charge < -0.3 is 15.2 Å². The molecule has 9 heteroatoms. The fourth-order valence-electron chi connectivity index (χ4n) is 3.77. The number of hydrogen-bond acceptors (Lipinski definition) is 5. The van der Waals surface area contributed by atoms with Crippen LogP contribution in [0, 0.1) is 6.92 Å². The lowest BCUT2D eigenvalue weighted by Gasteiger charge is -2.20. The van der Waals surface area contributed by atoms with Crippen molar-refractivity contribution in [3.05, 3.63) is 50.4 Å². The van der Waals surface area contributed by atoms with Crippen LogP contribution >= 0.6 is 0 Å². The van der Waals surface area contributed by atoms with Gasteiger partial charge in [0.15, 0.2) is 5.65 Å². The fraction of sp³-hybridized carbons (Fsp3) is 0.400. The van der Waals surface area contributed by atoms with Crippen LogP contribution in [0.2, 0.25) is 0 Å². The minimum absolute atomic E-state index is 0.137. The van der Waals surface area contributed by atoms with Gasteiger partial charge in [-0.3, -0.25) is 19.1 Å². The molecule has 0 saturated carbocycles. The predicted molar refractivity (Wildman–Crippen MR) is 112 cm³/mol. The molecule has 3 N–H and O–H groups in total. The van der Waals surface area contributed by atoms with Crippen LogP contribution in [0.25, 0.3) is 11.2 Å². The van der Waals surface area contributed by atoms with Crippen LogP contribution in [0.1, 0.15) is 30.7 Å². The molecule has 2 aromatic heterocycles. The molecule has 4 rings (SSSR count). The van der Waals surface area contributed by atoms with Gasteiger partial charge >= 0.3 is 5.69 Å². The Balaban J connectivity index is 1.41. The van der Waals surface area contributed by atoms with Gasteiger partial charge in [-0.1, -0.05) is 0 Å². The van der Waals surface area contributed by atoms with Crippen LogP contribution < -0.4 is 21.5 Å². The highest BCUT2D eigenvalue weighted by Crippen LogP contribution is 2.26. The van der Waals surface area contributed by atoms with Crippen molar-refractivity contribution < 1.29 is 4.79 Å². The van der Waals surface area contributed by atoms with Gasteiger partial charge in [-0.25, -0.2) is 9.78 Å².